The summed E-state index contributed by atoms with van der Waals surface area (Å²) in [7, 11) is 0. The molecule has 2 aromatic rings. The average molecular weight is 294 g/mol. The Morgan fingerprint density at radius 1 is 1.55 bits per heavy atom. The van der Waals surface area contributed by atoms with Crippen molar-refractivity contribution < 1.29 is 19.6 Å². The van der Waals surface area contributed by atoms with Crippen molar-refractivity contribution in [1.82, 2.24) is 4.98 Å². The van der Waals surface area contributed by atoms with E-state index in [2.05, 4.69) is 4.98 Å². The van der Waals surface area contributed by atoms with E-state index in [1.807, 2.05) is 6.92 Å². The van der Waals surface area contributed by atoms with Crippen molar-refractivity contribution in [2.24, 2.45) is 0 Å². The second-order valence-corrected chi connectivity index (χ2v) is 4.92. The second-order valence-electron chi connectivity index (χ2n) is 3.86. The van der Waals surface area contributed by atoms with Gasteiger partial charge in [-0.3, -0.25) is 10.1 Å². The van der Waals surface area contributed by atoms with Gasteiger partial charge in [-0.2, -0.15) is 0 Å². The lowest BCUT2D eigenvalue weighted by Gasteiger charge is -2.07. The molecule has 0 fully saturated rings. The van der Waals surface area contributed by atoms with Gasteiger partial charge in [-0.15, -0.1) is 11.3 Å². The first-order chi connectivity index (χ1) is 9.49. The lowest BCUT2D eigenvalue weighted by molar-refractivity contribution is -0.385. The number of nitrogens with zero attached hydrogens (tertiary/aromatic N) is 2. The van der Waals surface area contributed by atoms with Gasteiger partial charge in [-0.25, -0.2) is 9.78 Å². The molecule has 0 radical (unpaired) electrons. The fraction of sp³-hybridized carbons (Fsp3) is 0.167. The van der Waals surface area contributed by atoms with Crippen LogP contribution in [-0.4, -0.2) is 21.0 Å². The van der Waals surface area contributed by atoms with Crippen LogP contribution in [0, 0.1) is 17.0 Å². The highest BCUT2D eigenvalue weighted by molar-refractivity contribution is 7.09. The summed E-state index contributed by atoms with van der Waals surface area (Å²) in [6.07, 6.45) is 0. The number of rotatable bonds is 5. The number of hydrogen-bond acceptors (Lipinski definition) is 6. The maximum absolute atomic E-state index is 11.2. The molecule has 0 unspecified atom stereocenters. The van der Waals surface area contributed by atoms with Crippen LogP contribution in [0.5, 0.6) is 5.75 Å². The van der Waals surface area contributed by atoms with Gasteiger partial charge >= 0.3 is 5.97 Å². The summed E-state index contributed by atoms with van der Waals surface area (Å²) < 4.78 is 5.35. The first-order valence-corrected chi connectivity index (χ1v) is 6.41. The summed E-state index contributed by atoms with van der Waals surface area (Å²) in [4.78, 5) is 25.4. The Hall–Kier alpha value is -2.48. The van der Waals surface area contributed by atoms with E-state index in [4.69, 9.17) is 9.84 Å². The topological polar surface area (TPSA) is 103 Å². The van der Waals surface area contributed by atoms with E-state index >= 15 is 0 Å². The number of benzene rings is 1. The second kappa shape index (κ2) is 5.66. The minimum Gasteiger partial charge on any atom is -0.486 e. The maximum atomic E-state index is 11.2. The summed E-state index contributed by atoms with van der Waals surface area (Å²) in [5.74, 6) is -1.45. The molecule has 0 spiro atoms. The fourth-order valence-corrected chi connectivity index (χ4v) is 2.23. The van der Waals surface area contributed by atoms with Crippen LogP contribution in [0.1, 0.15) is 21.1 Å². The first-order valence-electron chi connectivity index (χ1n) is 5.53. The molecular weight excluding hydrogens is 284 g/mol. The fourth-order valence-electron chi connectivity index (χ4n) is 1.63. The highest BCUT2D eigenvalue weighted by Crippen LogP contribution is 2.28. The van der Waals surface area contributed by atoms with Gasteiger partial charge in [0.2, 0.25) is 0 Å². The molecule has 1 aromatic heterocycles. The van der Waals surface area contributed by atoms with Crippen LogP contribution in [-0.2, 0) is 6.61 Å². The van der Waals surface area contributed by atoms with Crippen molar-refractivity contribution in [1.29, 1.82) is 0 Å². The molecule has 0 aliphatic carbocycles. The van der Waals surface area contributed by atoms with E-state index in [-0.39, 0.29) is 12.4 Å². The Labute approximate surface area is 117 Å². The number of carboxylic acid groups (broad SMARTS) is 1. The van der Waals surface area contributed by atoms with E-state index in [9.17, 15) is 14.9 Å². The van der Waals surface area contributed by atoms with E-state index in [1.54, 1.807) is 5.38 Å². The Kier molecular flexibility index (Phi) is 3.94. The quantitative estimate of drug-likeness (QED) is 0.671. The van der Waals surface area contributed by atoms with Gasteiger partial charge in [0, 0.05) is 11.4 Å². The van der Waals surface area contributed by atoms with Crippen LogP contribution in [0.15, 0.2) is 23.6 Å². The number of aryl methyl sites for hydroxylation is 1. The zero-order chi connectivity index (χ0) is 14.7. The Balaban J connectivity index is 2.29. The van der Waals surface area contributed by atoms with Crippen LogP contribution in [0.25, 0.3) is 0 Å². The summed E-state index contributed by atoms with van der Waals surface area (Å²) in [6, 6.07) is 3.89. The van der Waals surface area contributed by atoms with Crippen LogP contribution in [0.3, 0.4) is 0 Å². The third-order valence-electron chi connectivity index (χ3n) is 2.46. The number of nitro groups is 1. The third-order valence-corrected chi connectivity index (χ3v) is 3.28. The smallest absolute Gasteiger partial charge is 0.346 e. The van der Waals surface area contributed by atoms with Crippen LogP contribution in [0.4, 0.5) is 5.69 Å². The van der Waals surface area contributed by atoms with Crippen molar-refractivity contribution in [3.05, 3.63) is 50.0 Å². The molecule has 0 amide bonds. The maximum Gasteiger partial charge on any atom is 0.346 e. The first kappa shape index (κ1) is 13.9. The van der Waals surface area contributed by atoms with Crippen molar-refractivity contribution in [3.8, 4) is 5.75 Å². The molecule has 20 heavy (non-hydrogen) atoms. The summed E-state index contributed by atoms with van der Waals surface area (Å²) in [5, 5.41) is 22.6. The SMILES string of the molecule is Cc1nc(COc2cccc([N+](=O)[O-])c2C(=O)O)cs1. The van der Waals surface area contributed by atoms with Crippen molar-refractivity contribution >= 4 is 23.0 Å². The number of hydrogen-bond donors (Lipinski definition) is 1. The van der Waals surface area contributed by atoms with Gasteiger partial charge < -0.3 is 9.84 Å². The zero-order valence-electron chi connectivity index (χ0n) is 10.4. The molecule has 0 aliphatic rings. The number of aromatic carboxylic acids is 1. The van der Waals surface area contributed by atoms with Crippen LogP contribution >= 0.6 is 11.3 Å². The van der Waals surface area contributed by atoms with Gasteiger partial charge in [0.05, 0.1) is 15.6 Å². The Morgan fingerprint density at radius 3 is 2.85 bits per heavy atom. The highest BCUT2D eigenvalue weighted by atomic mass is 32.1. The average Bonchev–Trinajstić information content (AvgIpc) is 2.81. The van der Waals surface area contributed by atoms with Crippen molar-refractivity contribution in [3.63, 3.8) is 0 Å². The van der Waals surface area contributed by atoms with Crippen LogP contribution in [0.2, 0.25) is 0 Å². The van der Waals surface area contributed by atoms with Gasteiger partial charge in [0.15, 0.2) is 5.56 Å². The zero-order valence-corrected chi connectivity index (χ0v) is 11.2. The minimum absolute atomic E-state index is 0.0441. The molecule has 0 bridgehead atoms. The lowest BCUT2D eigenvalue weighted by Crippen LogP contribution is -2.07. The van der Waals surface area contributed by atoms with Gasteiger partial charge in [0.25, 0.3) is 5.69 Å². The molecule has 0 atom stereocenters. The molecule has 0 saturated heterocycles. The number of thiazole rings is 1. The van der Waals surface area contributed by atoms with E-state index in [0.29, 0.717) is 5.69 Å². The largest absolute Gasteiger partial charge is 0.486 e. The van der Waals surface area contributed by atoms with Crippen molar-refractivity contribution in [2.45, 2.75) is 13.5 Å². The van der Waals surface area contributed by atoms with E-state index in [0.717, 1.165) is 11.1 Å². The van der Waals surface area contributed by atoms with Gasteiger partial charge in [-0.05, 0) is 13.0 Å². The molecule has 0 saturated carbocycles. The van der Waals surface area contributed by atoms with Gasteiger partial charge in [-0.1, -0.05) is 6.07 Å². The molecule has 1 heterocycles. The molecule has 0 aliphatic heterocycles. The molecule has 8 heteroatoms. The number of nitro benzene ring substituents is 1. The predicted octanol–water partition coefficient (Wildman–Crippen LogP) is 2.64. The summed E-state index contributed by atoms with van der Waals surface area (Å²) in [5.41, 5.74) is -0.302. The highest BCUT2D eigenvalue weighted by Gasteiger charge is 2.24. The van der Waals surface area contributed by atoms with E-state index < -0.39 is 22.1 Å². The number of carbonyl (C=O) groups is 1. The molecule has 7 nitrogen and oxygen atoms in total. The van der Waals surface area contributed by atoms with Crippen molar-refractivity contribution in [2.75, 3.05) is 0 Å². The molecule has 104 valence electrons. The van der Waals surface area contributed by atoms with E-state index in [1.165, 1.54) is 23.5 Å². The molecular formula is C12H10N2O5S. The predicted molar refractivity (Wildman–Crippen MR) is 71.2 cm³/mol. The van der Waals surface area contributed by atoms with Gasteiger partial charge in [0.1, 0.15) is 12.4 Å². The number of ether oxygens (including phenoxy) is 1. The number of carboxylic acids is 1. The summed E-state index contributed by atoms with van der Waals surface area (Å²) >= 11 is 1.44. The van der Waals surface area contributed by atoms with Crippen LogP contribution < -0.4 is 4.74 Å². The molecule has 2 rings (SSSR count). The third kappa shape index (κ3) is 2.91. The molecule has 1 N–H and O–H groups in total. The molecule has 1 aromatic carbocycles. The minimum atomic E-state index is -1.40. The Morgan fingerprint density at radius 2 is 2.30 bits per heavy atom. The standard InChI is InChI=1S/C12H10N2O5S/c1-7-13-8(6-20-7)5-19-10-4-2-3-9(14(17)18)11(10)12(15)16/h2-4,6H,5H2,1H3,(H,15,16). The Bertz CT molecular complexity index is 668. The summed E-state index contributed by atoms with van der Waals surface area (Å²) in [6.45, 7) is 1.90. The normalized spacial score (nSPS) is 10.2. The monoisotopic (exact) mass is 294 g/mol. The lowest BCUT2D eigenvalue weighted by atomic mass is 10.1. The number of aromatic nitrogens is 1.